The van der Waals surface area contributed by atoms with E-state index < -0.39 is 0 Å². The van der Waals surface area contributed by atoms with Gasteiger partial charge in [-0.3, -0.25) is 9.59 Å². The molecule has 0 spiro atoms. The third kappa shape index (κ3) is 4.52. The minimum atomic E-state index is -0.287. The van der Waals surface area contributed by atoms with Crippen LogP contribution in [0.25, 0.3) is 11.0 Å². The van der Waals surface area contributed by atoms with E-state index in [1.165, 1.54) is 0 Å². The first-order valence-corrected chi connectivity index (χ1v) is 10.3. The van der Waals surface area contributed by atoms with Gasteiger partial charge in [0, 0.05) is 37.9 Å². The van der Waals surface area contributed by atoms with Crippen LogP contribution in [-0.4, -0.2) is 40.6 Å². The Labute approximate surface area is 175 Å². The normalized spacial score (nSPS) is 16.0. The number of imidazole rings is 1. The van der Waals surface area contributed by atoms with Gasteiger partial charge in [0.1, 0.15) is 11.9 Å². The van der Waals surface area contributed by atoms with Crippen molar-refractivity contribution in [2.24, 2.45) is 7.05 Å². The largest absolute Gasteiger partial charge is 0.368 e. The maximum absolute atomic E-state index is 12.4. The first-order chi connectivity index (χ1) is 14.6. The molecule has 3 aromatic rings. The van der Waals surface area contributed by atoms with Gasteiger partial charge in [-0.1, -0.05) is 18.2 Å². The number of nitrogens with one attached hydrogen (secondary N) is 2. The molecular weight excluding hydrogens is 380 g/mol. The van der Waals surface area contributed by atoms with E-state index in [9.17, 15) is 9.59 Å². The van der Waals surface area contributed by atoms with Crippen LogP contribution in [0.4, 0.5) is 5.69 Å². The van der Waals surface area contributed by atoms with Crippen molar-refractivity contribution in [2.45, 2.75) is 31.8 Å². The van der Waals surface area contributed by atoms with Crippen molar-refractivity contribution in [3.05, 3.63) is 59.9 Å². The molecule has 2 aromatic carbocycles. The van der Waals surface area contributed by atoms with Crippen molar-refractivity contribution in [2.75, 3.05) is 18.5 Å². The summed E-state index contributed by atoms with van der Waals surface area (Å²) in [5, 5.41) is 5.87. The highest BCUT2D eigenvalue weighted by atomic mass is 16.5. The number of benzene rings is 2. The van der Waals surface area contributed by atoms with E-state index in [0.29, 0.717) is 24.4 Å². The van der Waals surface area contributed by atoms with Gasteiger partial charge in [0.2, 0.25) is 5.91 Å². The molecule has 30 heavy (non-hydrogen) atoms. The molecule has 0 aliphatic carbocycles. The summed E-state index contributed by atoms with van der Waals surface area (Å²) in [5.41, 5.74) is 3.17. The number of aromatic nitrogens is 2. The van der Waals surface area contributed by atoms with Crippen LogP contribution in [0.1, 0.15) is 35.4 Å². The summed E-state index contributed by atoms with van der Waals surface area (Å²) in [6, 6.07) is 14.9. The zero-order valence-electron chi connectivity index (χ0n) is 17.1. The zero-order chi connectivity index (χ0) is 20.9. The van der Waals surface area contributed by atoms with Gasteiger partial charge in [-0.15, -0.1) is 0 Å². The van der Waals surface area contributed by atoms with Gasteiger partial charge >= 0.3 is 0 Å². The molecule has 0 radical (unpaired) electrons. The van der Waals surface area contributed by atoms with Crippen LogP contribution in [0.5, 0.6) is 0 Å². The molecule has 156 valence electrons. The number of aryl methyl sites for hydroxylation is 2. The number of hydrogen-bond acceptors (Lipinski definition) is 4. The van der Waals surface area contributed by atoms with Crippen molar-refractivity contribution >= 4 is 28.5 Å². The van der Waals surface area contributed by atoms with Gasteiger partial charge < -0.3 is 19.9 Å². The first kappa shape index (κ1) is 20.1. The number of hydrogen-bond donors (Lipinski definition) is 2. The lowest BCUT2D eigenvalue weighted by atomic mass is 10.2. The fourth-order valence-electron chi connectivity index (χ4n) is 3.70. The van der Waals surface area contributed by atoms with Crippen molar-refractivity contribution in [1.82, 2.24) is 14.9 Å². The second-order valence-electron chi connectivity index (χ2n) is 7.51. The van der Waals surface area contributed by atoms with Crippen LogP contribution in [0, 0.1) is 0 Å². The second-order valence-corrected chi connectivity index (χ2v) is 7.51. The Morgan fingerprint density at radius 1 is 1.20 bits per heavy atom. The summed E-state index contributed by atoms with van der Waals surface area (Å²) in [7, 11) is 1.98. The molecule has 1 aliphatic heterocycles. The van der Waals surface area contributed by atoms with Crippen LogP contribution < -0.4 is 10.6 Å². The van der Waals surface area contributed by atoms with Crippen molar-refractivity contribution < 1.29 is 14.3 Å². The van der Waals surface area contributed by atoms with Crippen LogP contribution in [0.2, 0.25) is 0 Å². The van der Waals surface area contributed by atoms with E-state index in [1.54, 1.807) is 12.1 Å². The summed E-state index contributed by atoms with van der Waals surface area (Å²) in [6.07, 6.45) is 3.02. The highest BCUT2D eigenvalue weighted by molar-refractivity contribution is 6.04. The first-order valence-electron chi connectivity index (χ1n) is 10.3. The zero-order valence-corrected chi connectivity index (χ0v) is 17.1. The van der Waals surface area contributed by atoms with Crippen molar-refractivity contribution in [3.63, 3.8) is 0 Å². The molecule has 7 heteroatoms. The van der Waals surface area contributed by atoms with E-state index in [2.05, 4.69) is 15.2 Å². The predicted octanol–water partition coefficient (Wildman–Crippen LogP) is 3.05. The Hall–Kier alpha value is -3.19. The fourth-order valence-corrected chi connectivity index (χ4v) is 3.70. The Balaban J connectivity index is 1.36. The molecule has 0 bridgehead atoms. The number of nitrogens with zero attached hydrogens (tertiary/aromatic N) is 2. The quantitative estimate of drug-likeness (QED) is 0.591. The van der Waals surface area contributed by atoms with Crippen LogP contribution in [0.15, 0.2) is 48.5 Å². The SMILES string of the molecule is Cn1c(CCCNC(=O)[C@@H]2CCCO2)nc2cc(NC(=O)c3ccccc3)ccc21. The van der Waals surface area contributed by atoms with Gasteiger partial charge in [0.25, 0.3) is 5.91 Å². The summed E-state index contributed by atoms with van der Waals surface area (Å²) in [4.78, 5) is 29.1. The monoisotopic (exact) mass is 406 g/mol. The van der Waals surface area contributed by atoms with Gasteiger partial charge in [0.15, 0.2) is 0 Å². The highest BCUT2D eigenvalue weighted by Crippen LogP contribution is 2.21. The standard InChI is InChI=1S/C23H26N4O3/c1-27-19-12-11-17(25-22(28)16-7-3-2-4-8-16)15-18(19)26-21(27)10-5-13-24-23(29)20-9-6-14-30-20/h2-4,7-8,11-12,15,20H,5-6,9-10,13-14H2,1H3,(H,24,29)(H,25,28)/t20-/m0/s1. The number of fused-ring (bicyclic) bond motifs is 1. The molecule has 1 fully saturated rings. The molecule has 2 heterocycles. The van der Waals surface area contributed by atoms with E-state index in [4.69, 9.17) is 9.72 Å². The molecule has 2 amide bonds. The minimum absolute atomic E-state index is 0.0173. The summed E-state index contributed by atoms with van der Waals surface area (Å²) < 4.78 is 7.45. The van der Waals surface area contributed by atoms with Crippen molar-refractivity contribution in [1.29, 1.82) is 0 Å². The number of rotatable bonds is 7. The second kappa shape index (κ2) is 9.09. The summed E-state index contributed by atoms with van der Waals surface area (Å²) in [5.74, 6) is 0.785. The van der Waals surface area contributed by atoms with E-state index >= 15 is 0 Å². The van der Waals surface area contributed by atoms with Crippen LogP contribution in [0.3, 0.4) is 0 Å². The maximum Gasteiger partial charge on any atom is 0.255 e. The Morgan fingerprint density at radius 3 is 2.80 bits per heavy atom. The van der Waals surface area contributed by atoms with Gasteiger partial charge in [0.05, 0.1) is 11.0 Å². The molecule has 0 saturated carbocycles. The number of anilines is 1. The summed E-state index contributed by atoms with van der Waals surface area (Å²) >= 11 is 0. The lowest BCUT2D eigenvalue weighted by molar-refractivity contribution is -0.130. The number of carbonyl (C=O) groups is 2. The van der Waals surface area contributed by atoms with E-state index in [0.717, 1.165) is 42.5 Å². The Kier molecular flexibility index (Phi) is 6.09. The minimum Gasteiger partial charge on any atom is -0.368 e. The molecule has 7 nitrogen and oxygen atoms in total. The van der Waals surface area contributed by atoms with E-state index in [-0.39, 0.29) is 17.9 Å². The number of ether oxygens (including phenoxy) is 1. The predicted molar refractivity (Wildman–Crippen MR) is 115 cm³/mol. The van der Waals surface area contributed by atoms with Crippen LogP contribution >= 0.6 is 0 Å². The molecule has 1 atom stereocenters. The molecule has 0 unspecified atom stereocenters. The smallest absolute Gasteiger partial charge is 0.255 e. The molecule has 1 aromatic heterocycles. The van der Waals surface area contributed by atoms with Gasteiger partial charge in [-0.25, -0.2) is 4.98 Å². The average molecular weight is 406 g/mol. The molecule has 2 N–H and O–H groups in total. The Morgan fingerprint density at radius 2 is 2.03 bits per heavy atom. The number of carbonyl (C=O) groups excluding carboxylic acids is 2. The number of amides is 2. The molecular formula is C23H26N4O3. The third-order valence-corrected chi connectivity index (χ3v) is 5.37. The fraction of sp³-hybridized carbons (Fsp3) is 0.348. The lowest BCUT2D eigenvalue weighted by Crippen LogP contribution is -2.34. The topological polar surface area (TPSA) is 85.2 Å². The summed E-state index contributed by atoms with van der Waals surface area (Å²) in [6.45, 7) is 1.27. The molecule has 4 rings (SSSR count). The average Bonchev–Trinajstić information content (AvgIpc) is 3.40. The van der Waals surface area contributed by atoms with E-state index in [1.807, 2.05) is 43.4 Å². The Bertz CT molecular complexity index is 1040. The highest BCUT2D eigenvalue weighted by Gasteiger charge is 2.22. The van der Waals surface area contributed by atoms with Crippen molar-refractivity contribution in [3.8, 4) is 0 Å². The molecule has 1 aliphatic rings. The third-order valence-electron chi connectivity index (χ3n) is 5.37. The van der Waals surface area contributed by atoms with Crippen LogP contribution in [-0.2, 0) is 23.0 Å². The molecule has 1 saturated heterocycles. The lowest BCUT2D eigenvalue weighted by Gasteiger charge is -2.10. The van der Waals surface area contributed by atoms with Gasteiger partial charge in [-0.2, -0.15) is 0 Å². The maximum atomic E-state index is 12.4. The van der Waals surface area contributed by atoms with Gasteiger partial charge in [-0.05, 0) is 49.6 Å².